The second-order valence-corrected chi connectivity index (χ2v) is 10.2. The average molecular weight is 566 g/mol. The molecule has 0 saturated heterocycles. The third kappa shape index (κ3) is 4.81. The smallest absolute Gasteiger partial charge is 0.278 e. The minimum atomic E-state index is -0.285. The van der Waals surface area contributed by atoms with Crippen LogP contribution >= 0.6 is 0 Å². The molecular formula is C30H31N9O3. The molecule has 42 heavy (non-hydrogen) atoms. The molecule has 0 radical (unpaired) electrons. The Bertz CT molecular complexity index is 1900. The zero-order valence-corrected chi connectivity index (χ0v) is 23.5. The minimum absolute atomic E-state index is 0.0790. The van der Waals surface area contributed by atoms with Crippen molar-refractivity contribution in [2.75, 3.05) is 44.0 Å². The van der Waals surface area contributed by atoms with Gasteiger partial charge in [-0.05, 0) is 50.5 Å². The van der Waals surface area contributed by atoms with Gasteiger partial charge in [-0.15, -0.1) is 13.2 Å². The van der Waals surface area contributed by atoms with Gasteiger partial charge in [0.1, 0.15) is 5.39 Å². The number of rotatable bonds is 10. The summed E-state index contributed by atoms with van der Waals surface area (Å²) in [6.07, 6.45) is 6.84. The zero-order chi connectivity index (χ0) is 29.4. The maximum absolute atomic E-state index is 13.4. The van der Waals surface area contributed by atoms with Gasteiger partial charge >= 0.3 is 0 Å². The molecule has 0 fully saturated rings. The third-order valence-electron chi connectivity index (χ3n) is 7.05. The number of hydrogen-bond acceptors (Lipinski definition) is 8. The molecule has 1 aliphatic heterocycles. The van der Waals surface area contributed by atoms with Crippen LogP contribution in [0.15, 0.2) is 78.9 Å². The Kier molecular flexibility index (Phi) is 7.05. The second-order valence-electron chi connectivity index (χ2n) is 10.2. The summed E-state index contributed by atoms with van der Waals surface area (Å²) in [6, 6.07) is 11.6. The molecule has 214 valence electrons. The largest absolute Gasteiger partial charge is 0.480 e. The van der Waals surface area contributed by atoms with Gasteiger partial charge in [-0.2, -0.15) is 4.98 Å². The fourth-order valence-electron chi connectivity index (χ4n) is 5.02. The van der Waals surface area contributed by atoms with Gasteiger partial charge in [-0.25, -0.2) is 19.3 Å². The molecule has 1 amide bonds. The molecular weight excluding hydrogens is 534 g/mol. The number of allylic oxidation sites excluding steroid dienone is 1. The molecule has 4 aromatic heterocycles. The van der Waals surface area contributed by atoms with E-state index >= 15 is 0 Å². The van der Waals surface area contributed by atoms with Gasteiger partial charge in [0.25, 0.3) is 11.5 Å². The Morgan fingerprint density at radius 2 is 1.90 bits per heavy atom. The maximum atomic E-state index is 13.4. The van der Waals surface area contributed by atoms with Gasteiger partial charge < -0.3 is 19.5 Å². The van der Waals surface area contributed by atoms with Gasteiger partial charge in [0, 0.05) is 48.6 Å². The number of pyridine rings is 1. The summed E-state index contributed by atoms with van der Waals surface area (Å²) in [4.78, 5) is 43.5. The lowest BCUT2D eigenvalue weighted by Crippen LogP contribution is -2.39. The quantitative estimate of drug-likeness (QED) is 0.257. The molecule has 12 heteroatoms. The third-order valence-corrected chi connectivity index (χ3v) is 7.05. The molecule has 1 N–H and O–H groups in total. The number of hydrogen-bond donors (Lipinski definition) is 1. The van der Waals surface area contributed by atoms with E-state index in [9.17, 15) is 9.59 Å². The van der Waals surface area contributed by atoms with Crippen LogP contribution in [0, 0.1) is 0 Å². The molecule has 6 rings (SSSR count). The summed E-state index contributed by atoms with van der Waals surface area (Å²) >= 11 is 0. The van der Waals surface area contributed by atoms with Gasteiger partial charge in [-0.1, -0.05) is 12.2 Å². The van der Waals surface area contributed by atoms with Crippen molar-refractivity contribution >= 4 is 45.3 Å². The van der Waals surface area contributed by atoms with Crippen LogP contribution in [0.3, 0.4) is 0 Å². The molecule has 5 heterocycles. The first kappa shape index (κ1) is 27.0. The van der Waals surface area contributed by atoms with Crippen molar-refractivity contribution < 1.29 is 9.53 Å². The number of likely N-dealkylation sites (N-methyl/N-ethyl adjacent to an activating group) is 1. The highest BCUT2D eigenvalue weighted by Gasteiger charge is 2.28. The van der Waals surface area contributed by atoms with Crippen molar-refractivity contribution in [1.29, 1.82) is 0 Å². The Hall–Kier alpha value is -5.23. The highest BCUT2D eigenvalue weighted by Crippen LogP contribution is 2.32. The summed E-state index contributed by atoms with van der Waals surface area (Å²) in [6.45, 7) is 9.81. The lowest BCUT2D eigenvalue weighted by molar-refractivity contribution is -0.121. The van der Waals surface area contributed by atoms with Crippen LogP contribution in [0.25, 0.3) is 27.8 Å². The summed E-state index contributed by atoms with van der Waals surface area (Å²) in [7, 11) is 4.12. The summed E-state index contributed by atoms with van der Waals surface area (Å²) in [5.74, 6) is 1.30. The summed E-state index contributed by atoms with van der Waals surface area (Å²) < 4.78 is 10.9. The van der Waals surface area contributed by atoms with Crippen molar-refractivity contribution in [1.82, 2.24) is 33.8 Å². The van der Waals surface area contributed by atoms with Crippen LogP contribution in [0.4, 0.5) is 17.5 Å². The summed E-state index contributed by atoms with van der Waals surface area (Å²) in [5, 5.41) is 4.69. The molecule has 1 aromatic carbocycles. The van der Waals surface area contributed by atoms with Crippen molar-refractivity contribution in [2.45, 2.75) is 13.1 Å². The van der Waals surface area contributed by atoms with Crippen LogP contribution in [-0.4, -0.2) is 73.5 Å². The van der Waals surface area contributed by atoms with Gasteiger partial charge in [0.05, 0.1) is 6.54 Å². The number of nitrogens with one attached hydrogen (secondary N) is 1. The second kappa shape index (κ2) is 11.0. The number of anilines is 3. The molecule has 0 spiro atoms. The van der Waals surface area contributed by atoms with Crippen LogP contribution in [0.5, 0.6) is 5.75 Å². The van der Waals surface area contributed by atoms with E-state index in [0.717, 1.165) is 29.7 Å². The lowest BCUT2D eigenvalue weighted by atomic mass is 10.2. The number of amides is 1. The molecule has 12 nitrogen and oxygen atoms in total. The van der Waals surface area contributed by atoms with Crippen molar-refractivity contribution in [2.24, 2.45) is 0 Å². The minimum Gasteiger partial charge on any atom is -0.480 e. The van der Waals surface area contributed by atoms with E-state index in [2.05, 4.69) is 65.4 Å². The zero-order valence-electron chi connectivity index (χ0n) is 23.5. The molecule has 0 atom stereocenters. The Labute approximate surface area is 241 Å². The number of carbonyl (C=O) groups excluding carboxylic acids is 1. The van der Waals surface area contributed by atoms with Crippen LogP contribution in [-0.2, 0) is 17.9 Å². The SMILES string of the molecule is C=CCN1C(=O)COc2ccc(-n3c4nc(Nc5ccc6c(ccn6CCN(C)C)c5)ncc4c(=O)n3CC=C)nc21. The number of benzene rings is 1. The predicted octanol–water partition coefficient (Wildman–Crippen LogP) is 3.33. The number of nitrogens with zero attached hydrogens (tertiary/aromatic N) is 8. The summed E-state index contributed by atoms with van der Waals surface area (Å²) in [5.41, 5.74) is 2.03. The predicted molar refractivity (Wildman–Crippen MR) is 163 cm³/mol. The first-order valence-electron chi connectivity index (χ1n) is 13.5. The lowest BCUT2D eigenvalue weighted by Gasteiger charge is -2.27. The van der Waals surface area contributed by atoms with Crippen LogP contribution in [0.2, 0.25) is 0 Å². The molecule has 0 bridgehead atoms. The van der Waals surface area contributed by atoms with E-state index < -0.39 is 0 Å². The fourth-order valence-corrected chi connectivity index (χ4v) is 5.02. The molecule has 5 aromatic rings. The standard InChI is InChI=1S/C30H31N9O3/c1-5-12-37-26(40)19-42-24-9-10-25(33-28(24)37)39-27-22(29(41)38(39)13-6-2)18-31-30(34-27)32-21-7-8-23-20(17-21)11-14-36(23)16-15-35(3)4/h5-11,14,17-18H,1-2,12-13,15-16,19H2,3-4H3,(H,31,32,34). The monoisotopic (exact) mass is 565 g/mol. The fraction of sp³-hybridized carbons (Fsp3) is 0.233. The van der Waals surface area contributed by atoms with Gasteiger partial charge in [-0.3, -0.25) is 14.5 Å². The Morgan fingerprint density at radius 3 is 2.69 bits per heavy atom. The van der Waals surface area contributed by atoms with E-state index in [4.69, 9.17) is 14.7 Å². The highest BCUT2D eigenvalue weighted by molar-refractivity contribution is 5.97. The van der Waals surface area contributed by atoms with Crippen molar-refractivity contribution in [3.63, 3.8) is 0 Å². The Morgan fingerprint density at radius 1 is 1.07 bits per heavy atom. The normalized spacial score (nSPS) is 13.0. The maximum Gasteiger partial charge on any atom is 0.278 e. The number of fused-ring (bicyclic) bond motifs is 3. The highest BCUT2D eigenvalue weighted by atomic mass is 16.5. The van der Waals surface area contributed by atoms with E-state index in [0.29, 0.717) is 34.4 Å². The number of carbonyl (C=O) groups is 1. The Balaban J connectivity index is 1.40. The van der Waals surface area contributed by atoms with Crippen LogP contribution < -0.4 is 20.5 Å². The first-order chi connectivity index (χ1) is 20.4. The van der Waals surface area contributed by atoms with Gasteiger partial charge in [0.15, 0.2) is 29.6 Å². The molecule has 0 unspecified atom stereocenters. The topological polar surface area (TPSA) is 115 Å². The van der Waals surface area contributed by atoms with E-state index in [-0.39, 0.29) is 31.2 Å². The first-order valence-corrected chi connectivity index (χ1v) is 13.5. The van der Waals surface area contributed by atoms with Crippen molar-refractivity contribution in [3.05, 3.63) is 84.5 Å². The molecule has 1 aliphatic rings. The number of ether oxygens (including phenoxy) is 1. The molecule has 0 saturated carbocycles. The van der Waals surface area contributed by atoms with E-state index in [1.165, 1.54) is 15.8 Å². The van der Waals surface area contributed by atoms with E-state index in [1.807, 2.05) is 12.1 Å². The van der Waals surface area contributed by atoms with Crippen LogP contribution in [0.1, 0.15) is 0 Å². The van der Waals surface area contributed by atoms with Crippen molar-refractivity contribution in [3.8, 4) is 11.6 Å². The average Bonchev–Trinajstić information content (AvgIpc) is 3.51. The number of aromatic nitrogens is 6. The van der Waals surface area contributed by atoms with Gasteiger partial charge in [0.2, 0.25) is 5.95 Å². The van der Waals surface area contributed by atoms with E-state index in [1.54, 1.807) is 29.0 Å². The molecule has 0 aliphatic carbocycles.